The molecule has 2 aromatic heterocycles. The van der Waals surface area contributed by atoms with Gasteiger partial charge in [0.2, 0.25) is 0 Å². The minimum absolute atomic E-state index is 0.330. The minimum atomic E-state index is -4.28. The standard InChI is InChI=1S/C8H8N4O3S/c13-16(14,15)8-4-3-7-12(8)10-9-11-5-1-2-6-11/h1-7H,(H,13,14,15)/b10-9+. The lowest BCUT2D eigenvalue weighted by Gasteiger charge is -1.97. The molecule has 0 amide bonds. The molecule has 84 valence electrons. The van der Waals surface area contributed by atoms with Gasteiger partial charge in [0, 0.05) is 18.6 Å². The Hall–Kier alpha value is -1.93. The fraction of sp³-hybridized carbons (Fsp3) is 0. The highest BCUT2D eigenvalue weighted by atomic mass is 32.2. The Morgan fingerprint density at radius 1 is 1.06 bits per heavy atom. The van der Waals surface area contributed by atoms with Crippen molar-refractivity contribution < 1.29 is 13.0 Å². The van der Waals surface area contributed by atoms with Crippen LogP contribution in [0.1, 0.15) is 0 Å². The number of hydrogen-bond acceptors (Lipinski definition) is 4. The highest BCUT2D eigenvalue weighted by Crippen LogP contribution is 2.09. The highest BCUT2D eigenvalue weighted by molar-refractivity contribution is 7.85. The molecule has 0 aromatic carbocycles. The van der Waals surface area contributed by atoms with Crippen molar-refractivity contribution in [1.29, 1.82) is 0 Å². The number of hydrogen-bond donors (Lipinski definition) is 1. The van der Waals surface area contributed by atoms with Crippen LogP contribution in [0.5, 0.6) is 0 Å². The summed E-state index contributed by atoms with van der Waals surface area (Å²) in [4.78, 5) is 0. The van der Waals surface area contributed by atoms with E-state index in [0.717, 1.165) is 4.68 Å². The first kappa shape index (κ1) is 10.6. The summed E-state index contributed by atoms with van der Waals surface area (Å²) in [6.07, 6.45) is 4.65. The van der Waals surface area contributed by atoms with Gasteiger partial charge in [-0.2, -0.15) is 8.42 Å². The zero-order valence-electron chi connectivity index (χ0n) is 8.00. The van der Waals surface area contributed by atoms with Crippen molar-refractivity contribution in [3.8, 4) is 0 Å². The quantitative estimate of drug-likeness (QED) is 0.646. The predicted octanol–water partition coefficient (Wildman–Crippen LogP) is 1.21. The van der Waals surface area contributed by atoms with E-state index in [1.165, 1.54) is 23.0 Å². The summed E-state index contributed by atoms with van der Waals surface area (Å²) in [7, 11) is -4.28. The molecule has 0 spiro atoms. The molecule has 1 N–H and O–H groups in total. The summed E-state index contributed by atoms with van der Waals surface area (Å²) in [6.45, 7) is 0. The molecule has 0 aliphatic heterocycles. The molecule has 0 radical (unpaired) electrons. The molecular weight excluding hydrogens is 232 g/mol. The molecule has 16 heavy (non-hydrogen) atoms. The van der Waals surface area contributed by atoms with E-state index in [9.17, 15) is 8.42 Å². The summed E-state index contributed by atoms with van der Waals surface area (Å²) in [5, 5.41) is 7.02. The average molecular weight is 240 g/mol. The van der Waals surface area contributed by atoms with Gasteiger partial charge in [0.15, 0.2) is 5.03 Å². The third-order valence-corrected chi connectivity index (χ3v) is 2.64. The number of rotatable bonds is 3. The zero-order chi connectivity index (χ0) is 11.6. The summed E-state index contributed by atoms with van der Waals surface area (Å²) in [5.74, 6) is 0. The third kappa shape index (κ3) is 2.18. The molecule has 2 heterocycles. The van der Waals surface area contributed by atoms with E-state index >= 15 is 0 Å². The topological polar surface area (TPSA) is 88.9 Å². The molecule has 0 fully saturated rings. The van der Waals surface area contributed by atoms with Crippen LogP contribution in [0.4, 0.5) is 0 Å². The Balaban J connectivity index is 2.33. The van der Waals surface area contributed by atoms with Crippen LogP contribution >= 0.6 is 0 Å². The van der Waals surface area contributed by atoms with Crippen LogP contribution < -0.4 is 0 Å². The second-order valence-electron chi connectivity index (χ2n) is 2.91. The largest absolute Gasteiger partial charge is 0.312 e. The molecular formula is C8H8N4O3S. The van der Waals surface area contributed by atoms with Gasteiger partial charge in [-0.3, -0.25) is 4.55 Å². The molecule has 8 heteroatoms. The molecule has 0 unspecified atom stereocenters. The molecule has 2 aromatic rings. The lowest BCUT2D eigenvalue weighted by molar-refractivity contribution is 0.471. The Morgan fingerprint density at radius 2 is 1.75 bits per heavy atom. The fourth-order valence-corrected chi connectivity index (χ4v) is 1.69. The molecule has 0 saturated carbocycles. The fourth-order valence-electron chi connectivity index (χ4n) is 1.11. The van der Waals surface area contributed by atoms with Gasteiger partial charge in [-0.1, -0.05) is 0 Å². The van der Waals surface area contributed by atoms with Gasteiger partial charge in [0.25, 0.3) is 0 Å². The third-order valence-electron chi connectivity index (χ3n) is 1.78. The molecule has 0 atom stereocenters. The molecule has 0 aliphatic rings. The van der Waals surface area contributed by atoms with Gasteiger partial charge >= 0.3 is 10.1 Å². The van der Waals surface area contributed by atoms with Gasteiger partial charge in [0.1, 0.15) is 0 Å². The van der Waals surface area contributed by atoms with Crippen molar-refractivity contribution in [2.24, 2.45) is 10.4 Å². The SMILES string of the molecule is O=S(=O)(O)c1cccn1/N=N/n1cccc1. The Bertz CT molecular complexity index is 597. The van der Waals surface area contributed by atoms with E-state index in [1.807, 2.05) is 0 Å². The molecule has 0 saturated heterocycles. The first-order valence-corrected chi connectivity index (χ1v) is 5.71. The minimum Gasteiger partial charge on any atom is -0.281 e. The number of nitrogens with zero attached hydrogens (tertiary/aromatic N) is 4. The first-order chi connectivity index (χ1) is 7.57. The van der Waals surface area contributed by atoms with Gasteiger partial charge in [-0.05, 0) is 34.7 Å². The van der Waals surface area contributed by atoms with Crippen LogP contribution in [0.25, 0.3) is 0 Å². The second-order valence-corrected chi connectivity index (χ2v) is 4.28. The maximum Gasteiger partial charge on any atom is 0.312 e. The van der Waals surface area contributed by atoms with Crippen LogP contribution in [0.15, 0.2) is 58.3 Å². The maximum absolute atomic E-state index is 10.9. The molecule has 0 aliphatic carbocycles. The monoisotopic (exact) mass is 240 g/mol. The van der Waals surface area contributed by atoms with Crippen molar-refractivity contribution in [3.05, 3.63) is 42.9 Å². The molecule has 2 rings (SSSR count). The van der Waals surface area contributed by atoms with Gasteiger partial charge in [-0.25, -0.2) is 9.35 Å². The van der Waals surface area contributed by atoms with E-state index in [2.05, 4.69) is 10.4 Å². The normalized spacial score (nSPS) is 12.3. The summed E-state index contributed by atoms with van der Waals surface area (Å²) >= 11 is 0. The van der Waals surface area contributed by atoms with Crippen LogP contribution in [-0.4, -0.2) is 22.3 Å². The van der Waals surface area contributed by atoms with Crippen molar-refractivity contribution in [1.82, 2.24) is 9.35 Å². The average Bonchev–Trinajstić information content (AvgIpc) is 2.85. The second kappa shape index (κ2) is 3.91. The van der Waals surface area contributed by atoms with Gasteiger partial charge in [-0.15, -0.1) is 0 Å². The van der Waals surface area contributed by atoms with Crippen LogP contribution in [-0.2, 0) is 10.1 Å². The van der Waals surface area contributed by atoms with Crippen LogP contribution in [0.3, 0.4) is 0 Å². The summed E-state index contributed by atoms with van der Waals surface area (Å²) in [5.41, 5.74) is 0. The highest BCUT2D eigenvalue weighted by Gasteiger charge is 2.14. The van der Waals surface area contributed by atoms with Crippen LogP contribution in [0.2, 0.25) is 0 Å². The van der Waals surface area contributed by atoms with Crippen molar-refractivity contribution in [2.75, 3.05) is 0 Å². The van der Waals surface area contributed by atoms with E-state index in [4.69, 9.17) is 4.55 Å². The van der Waals surface area contributed by atoms with Crippen molar-refractivity contribution in [3.63, 3.8) is 0 Å². The summed E-state index contributed by atoms with van der Waals surface area (Å²) < 4.78 is 33.0. The molecule has 7 nitrogen and oxygen atoms in total. The van der Waals surface area contributed by atoms with Crippen molar-refractivity contribution >= 4 is 10.1 Å². The van der Waals surface area contributed by atoms with Gasteiger partial charge < -0.3 is 0 Å². The Labute approximate surface area is 91.3 Å². The zero-order valence-corrected chi connectivity index (χ0v) is 8.82. The Kier molecular flexibility index (Phi) is 2.59. The maximum atomic E-state index is 10.9. The number of aromatic nitrogens is 2. The first-order valence-electron chi connectivity index (χ1n) is 4.27. The van der Waals surface area contributed by atoms with Gasteiger partial charge in [0.05, 0.1) is 0 Å². The lowest BCUT2D eigenvalue weighted by atomic mass is 10.7. The molecule has 0 bridgehead atoms. The van der Waals surface area contributed by atoms with E-state index < -0.39 is 10.1 Å². The van der Waals surface area contributed by atoms with Crippen LogP contribution in [0, 0.1) is 0 Å². The van der Waals surface area contributed by atoms with E-state index in [0.29, 0.717) is 0 Å². The van der Waals surface area contributed by atoms with E-state index in [-0.39, 0.29) is 5.03 Å². The Morgan fingerprint density at radius 3 is 2.38 bits per heavy atom. The van der Waals surface area contributed by atoms with E-state index in [1.54, 1.807) is 24.5 Å². The smallest absolute Gasteiger partial charge is 0.281 e. The summed E-state index contributed by atoms with van der Waals surface area (Å²) in [6, 6.07) is 6.17. The predicted molar refractivity (Wildman–Crippen MR) is 54.3 cm³/mol. The van der Waals surface area contributed by atoms with Crippen molar-refractivity contribution in [2.45, 2.75) is 5.03 Å². The lowest BCUT2D eigenvalue weighted by Crippen LogP contribution is -2.03.